The van der Waals surface area contributed by atoms with Crippen LogP contribution in [0, 0.1) is 27.7 Å². The molecular weight excluding hydrogens is 434 g/mol. The molecule has 35 heavy (non-hydrogen) atoms. The molecule has 1 fully saturated rings. The van der Waals surface area contributed by atoms with Crippen molar-refractivity contribution in [2.45, 2.75) is 97.4 Å². The first-order valence-electron chi connectivity index (χ1n) is 13.2. The lowest BCUT2D eigenvalue weighted by Gasteiger charge is -2.32. The molecule has 0 bridgehead atoms. The predicted molar refractivity (Wildman–Crippen MR) is 140 cm³/mol. The Morgan fingerprint density at radius 1 is 1.00 bits per heavy atom. The second kappa shape index (κ2) is 10.1. The van der Waals surface area contributed by atoms with Gasteiger partial charge in [0.25, 0.3) is 0 Å². The Balaban J connectivity index is 1.16. The number of aromatic amines is 1. The largest absolute Gasteiger partial charge is 0.490 e. The molecule has 3 aromatic rings. The van der Waals surface area contributed by atoms with Crippen molar-refractivity contribution >= 4 is 0 Å². The molecule has 1 aromatic heterocycles. The number of fused-ring (bicyclic) bond motifs is 1. The van der Waals surface area contributed by atoms with Gasteiger partial charge in [-0.05, 0) is 114 Å². The molecule has 1 aliphatic carbocycles. The number of benzene rings is 2. The van der Waals surface area contributed by atoms with Crippen molar-refractivity contribution in [3.05, 3.63) is 75.6 Å². The highest BCUT2D eigenvalue weighted by Crippen LogP contribution is 2.39. The fraction of sp³-hybridized carbons (Fsp3) is 0.500. The van der Waals surface area contributed by atoms with Crippen molar-refractivity contribution in [3.8, 4) is 11.5 Å². The van der Waals surface area contributed by atoms with Gasteiger partial charge in [-0.25, -0.2) is 0 Å². The van der Waals surface area contributed by atoms with Crippen LogP contribution in [0.5, 0.6) is 11.5 Å². The quantitative estimate of drug-likeness (QED) is 0.416. The number of nitrogens with zero attached hydrogens (tertiary/aromatic N) is 1. The molecule has 2 heterocycles. The zero-order valence-electron chi connectivity index (χ0n) is 21.8. The highest BCUT2D eigenvalue weighted by molar-refractivity contribution is 5.44. The second-order valence-electron chi connectivity index (χ2n) is 10.5. The van der Waals surface area contributed by atoms with E-state index in [1.807, 2.05) is 0 Å². The van der Waals surface area contributed by atoms with Gasteiger partial charge in [-0.15, -0.1) is 0 Å². The summed E-state index contributed by atoms with van der Waals surface area (Å²) in [6.45, 7) is 10.8. The lowest BCUT2D eigenvalue weighted by molar-refractivity contribution is 0.135. The summed E-state index contributed by atoms with van der Waals surface area (Å²) >= 11 is 0. The van der Waals surface area contributed by atoms with Crippen LogP contribution in [0.25, 0.3) is 0 Å². The van der Waals surface area contributed by atoms with Crippen molar-refractivity contribution in [1.82, 2.24) is 15.5 Å². The number of aryl methyl sites for hydroxylation is 5. The number of hydrogen-bond donors (Lipinski definition) is 2. The molecule has 0 amide bonds. The number of hydrogen-bond acceptors (Lipinski definition) is 4. The third kappa shape index (κ3) is 5.11. The fourth-order valence-electron chi connectivity index (χ4n) is 6.15. The zero-order chi connectivity index (χ0) is 24.5. The fourth-order valence-corrected chi connectivity index (χ4v) is 6.15. The van der Waals surface area contributed by atoms with Crippen LogP contribution in [0.3, 0.4) is 0 Å². The number of ether oxygens (including phenoxy) is 2. The monoisotopic (exact) mass is 473 g/mol. The van der Waals surface area contributed by atoms with E-state index in [0.29, 0.717) is 12.1 Å². The molecule has 0 spiro atoms. The summed E-state index contributed by atoms with van der Waals surface area (Å²) in [5, 5.41) is 11.3. The molecule has 2 aliphatic rings. The number of rotatable bonds is 6. The van der Waals surface area contributed by atoms with E-state index < -0.39 is 0 Å². The summed E-state index contributed by atoms with van der Waals surface area (Å²) in [5.41, 5.74) is 8.80. The van der Waals surface area contributed by atoms with Gasteiger partial charge < -0.3 is 14.8 Å². The van der Waals surface area contributed by atoms with E-state index in [2.05, 4.69) is 86.5 Å². The molecule has 2 aromatic carbocycles. The van der Waals surface area contributed by atoms with Crippen LogP contribution in [0.4, 0.5) is 0 Å². The van der Waals surface area contributed by atoms with Gasteiger partial charge in [-0.1, -0.05) is 18.2 Å². The Kier molecular flexibility index (Phi) is 6.88. The van der Waals surface area contributed by atoms with Crippen molar-refractivity contribution in [2.24, 2.45) is 0 Å². The first-order chi connectivity index (χ1) is 16.9. The number of aromatic nitrogens is 2. The predicted octanol–water partition coefficient (Wildman–Crippen LogP) is 6.75. The maximum atomic E-state index is 6.45. The topological polar surface area (TPSA) is 59.2 Å². The Morgan fingerprint density at radius 2 is 1.74 bits per heavy atom. The summed E-state index contributed by atoms with van der Waals surface area (Å²) in [6.07, 6.45) is 6.87. The molecule has 2 atom stereocenters. The minimum atomic E-state index is 0.135. The van der Waals surface area contributed by atoms with E-state index in [-0.39, 0.29) is 12.2 Å². The Bertz CT molecular complexity index is 1140. The lowest BCUT2D eigenvalue weighted by Crippen LogP contribution is -2.37. The van der Waals surface area contributed by atoms with E-state index in [1.54, 1.807) is 0 Å². The van der Waals surface area contributed by atoms with E-state index in [0.717, 1.165) is 61.4 Å². The van der Waals surface area contributed by atoms with Gasteiger partial charge in [-0.3, -0.25) is 5.10 Å². The standard InChI is InChI=1S/C30H39N3O2/c1-18-7-6-8-19(2)29(18)28-15-9-23-17-26(14-16-27(23)35-28)34-25-12-10-24(11-13-25)31-20(3)30-21(4)32-33-22(30)5/h6-8,14,16-17,20,24-25,28,31H,9-13,15H2,1-5H3,(H,32,33). The first kappa shape index (κ1) is 23.9. The van der Waals surface area contributed by atoms with E-state index in [9.17, 15) is 0 Å². The summed E-state index contributed by atoms with van der Waals surface area (Å²) in [4.78, 5) is 0. The van der Waals surface area contributed by atoms with Crippen LogP contribution in [0.2, 0.25) is 0 Å². The first-order valence-corrected chi connectivity index (χ1v) is 13.2. The molecular formula is C30H39N3O2. The van der Waals surface area contributed by atoms with Crippen molar-refractivity contribution in [2.75, 3.05) is 0 Å². The number of nitrogens with one attached hydrogen (secondary N) is 2. The average molecular weight is 474 g/mol. The lowest BCUT2D eigenvalue weighted by atomic mass is 9.91. The van der Waals surface area contributed by atoms with Gasteiger partial charge in [0.1, 0.15) is 17.6 Å². The molecule has 5 rings (SSSR count). The summed E-state index contributed by atoms with van der Waals surface area (Å²) in [7, 11) is 0. The van der Waals surface area contributed by atoms with Crippen LogP contribution >= 0.6 is 0 Å². The minimum Gasteiger partial charge on any atom is -0.490 e. The molecule has 1 saturated carbocycles. The second-order valence-corrected chi connectivity index (χ2v) is 10.5. The van der Waals surface area contributed by atoms with Gasteiger partial charge in [0, 0.05) is 23.3 Å². The van der Waals surface area contributed by atoms with Crippen molar-refractivity contribution in [1.29, 1.82) is 0 Å². The van der Waals surface area contributed by atoms with E-state index in [4.69, 9.17) is 9.47 Å². The molecule has 1 aliphatic heterocycles. The molecule has 2 N–H and O–H groups in total. The number of H-pyrrole nitrogens is 1. The molecule has 186 valence electrons. The Hall–Kier alpha value is -2.79. The molecule has 0 saturated heterocycles. The van der Waals surface area contributed by atoms with E-state index >= 15 is 0 Å². The van der Waals surface area contributed by atoms with E-state index in [1.165, 1.54) is 27.8 Å². The SMILES string of the molecule is Cc1cccc(C)c1C1CCc2cc(OC3CCC(NC(C)c4c(C)n[nH]c4C)CC3)ccc2O1. The summed E-state index contributed by atoms with van der Waals surface area (Å²) in [5.74, 6) is 1.98. The van der Waals surface area contributed by atoms with Gasteiger partial charge in [0.2, 0.25) is 0 Å². The van der Waals surface area contributed by atoms with Crippen LogP contribution in [0.1, 0.15) is 90.4 Å². The van der Waals surface area contributed by atoms with Crippen LogP contribution in [0.15, 0.2) is 36.4 Å². The van der Waals surface area contributed by atoms with Crippen LogP contribution < -0.4 is 14.8 Å². The minimum absolute atomic E-state index is 0.135. The summed E-state index contributed by atoms with van der Waals surface area (Å²) < 4.78 is 12.9. The van der Waals surface area contributed by atoms with Crippen LogP contribution in [-0.4, -0.2) is 22.3 Å². The molecule has 5 heteroatoms. The third-order valence-electron chi connectivity index (χ3n) is 7.92. The highest BCUT2D eigenvalue weighted by atomic mass is 16.5. The Labute approximate surface area is 209 Å². The van der Waals surface area contributed by atoms with Gasteiger partial charge >= 0.3 is 0 Å². The zero-order valence-corrected chi connectivity index (χ0v) is 21.8. The van der Waals surface area contributed by atoms with Crippen LogP contribution in [-0.2, 0) is 6.42 Å². The normalized spacial score (nSPS) is 22.8. The van der Waals surface area contributed by atoms with Crippen molar-refractivity contribution in [3.63, 3.8) is 0 Å². The third-order valence-corrected chi connectivity index (χ3v) is 7.92. The van der Waals surface area contributed by atoms with Crippen molar-refractivity contribution < 1.29 is 9.47 Å². The van der Waals surface area contributed by atoms with Gasteiger partial charge in [0.15, 0.2) is 0 Å². The van der Waals surface area contributed by atoms with Gasteiger partial charge in [-0.2, -0.15) is 5.10 Å². The maximum absolute atomic E-state index is 6.45. The molecule has 0 radical (unpaired) electrons. The highest BCUT2D eigenvalue weighted by Gasteiger charge is 2.27. The van der Waals surface area contributed by atoms with Gasteiger partial charge in [0.05, 0.1) is 11.8 Å². The maximum Gasteiger partial charge on any atom is 0.125 e. The molecule has 5 nitrogen and oxygen atoms in total. The molecule has 2 unspecified atom stereocenters. The smallest absolute Gasteiger partial charge is 0.125 e. The average Bonchev–Trinajstić information content (AvgIpc) is 3.18. The Morgan fingerprint density at radius 3 is 2.43 bits per heavy atom. The summed E-state index contributed by atoms with van der Waals surface area (Å²) in [6, 6.07) is 13.7.